The summed E-state index contributed by atoms with van der Waals surface area (Å²) in [7, 11) is -2.75. The van der Waals surface area contributed by atoms with Crippen molar-refractivity contribution in [3.63, 3.8) is 0 Å². The molecule has 0 spiro atoms. The van der Waals surface area contributed by atoms with Crippen LogP contribution in [0.3, 0.4) is 0 Å². The molecule has 0 amide bonds. The number of benzene rings is 4. The van der Waals surface area contributed by atoms with Gasteiger partial charge in [-0.3, -0.25) is 0 Å². The van der Waals surface area contributed by atoms with Crippen molar-refractivity contribution in [2.45, 2.75) is 0 Å². The Hall–Kier alpha value is -2.69. The van der Waals surface area contributed by atoms with Gasteiger partial charge in [0.1, 0.15) is 28.5 Å². The molecule has 4 aromatic rings. The maximum absolute atomic E-state index is 8.79. The molecule has 4 aromatic carbocycles. The number of hydrogen-bond acceptors (Lipinski definition) is 0. The molecule has 0 aromatic heterocycles. The van der Waals surface area contributed by atoms with Crippen LogP contribution in [0.15, 0.2) is 121 Å². The van der Waals surface area contributed by atoms with Crippen molar-refractivity contribution in [1.82, 2.24) is 0 Å². The maximum Gasteiger partial charge on any atom is 0.144 e. The Labute approximate surface area is 157 Å². The molecule has 0 fully saturated rings. The summed E-state index contributed by atoms with van der Waals surface area (Å²) in [6.07, 6.45) is 0. The van der Waals surface area contributed by atoms with Gasteiger partial charge >= 0.3 is 0 Å². The Bertz CT molecular complexity index is 1050. The van der Waals surface area contributed by atoms with Crippen LogP contribution >= 0.6 is 7.26 Å². The molecule has 25 heavy (non-hydrogen) atoms. The highest BCUT2D eigenvalue weighted by Crippen LogP contribution is 2.53. The first-order valence-corrected chi connectivity index (χ1v) is 9.92. The summed E-state index contributed by atoms with van der Waals surface area (Å²) in [5.41, 5.74) is 0. The highest BCUT2D eigenvalue weighted by Gasteiger charge is 2.47. The molecule has 0 aliphatic heterocycles. The van der Waals surface area contributed by atoms with Crippen LogP contribution in [0.4, 0.5) is 0 Å². The number of rotatable bonds is 4. The van der Waals surface area contributed by atoms with Gasteiger partial charge in [-0.15, -0.1) is 0 Å². The molecule has 0 atom stereocenters. The second-order valence-corrected chi connectivity index (χ2v) is 8.99. The van der Waals surface area contributed by atoms with Crippen molar-refractivity contribution >= 4 is 28.5 Å². The van der Waals surface area contributed by atoms with Crippen molar-refractivity contribution in [3.8, 4) is 0 Å². The van der Waals surface area contributed by atoms with Crippen LogP contribution in [0, 0.1) is 0 Å². The molecule has 0 radical (unpaired) electrons. The first-order valence-electron chi connectivity index (χ1n) is 10.6. The van der Waals surface area contributed by atoms with Crippen LogP contribution < -0.4 is 21.2 Å². The van der Waals surface area contributed by atoms with Crippen molar-refractivity contribution in [3.05, 3.63) is 121 Å². The van der Waals surface area contributed by atoms with Gasteiger partial charge in [0.2, 0.25) is 0 Å². The van der Waals surface area contributed by atoms with Crippen molar-refractivity contribution in [2.24, 2.45) is 0 Å². The minimum absolute atomic E-state index is 0.147. The first-order chi connectivity index (χ1) is 14.5. The van der Waals surface area contributed by atoms with Crippen LogP contribution in [-0.4, -0.2) is 0 Å². The van der Waals surface area contributed by atoms with E-state index in [4.69, 9.17) is 6.85 Å². The molecule has 0 saturated carbocycles. The van der Waals surface area contributed by atoms with Gasteiger partial charge in [0.15, 0.2) is 0 Å². The van der Waals surface area contributed by atoms with Gasteiger partial charge in [-0.25, -0.2) is 0 Å². The zero-order valence-electron chi connectivity index (χ0n) is 18.6. The Balaban J connectivity index is 2.27. The Kier molecular flexibility index (Phi) is 3.11. The fraction of sp³-hybridized carbons (Fsp3) is 0. The summed E-state index contributed by atoms with van der Waals surface area (Å²) in [4.78, 5) is 0. The second kappa shape index (κ2) is 7.05. The molecule has 0 heterocycles. The zero-order valence-corrected chi connectivity index (χ0v) is 14.5. The van der Waals surface area contributed by atoms with Crippen molar-refractivity contribution < 1.29 is 6.85 Å². The summed E-state index contributed by atoms with van der Waals surface area (Å²) < 4.78 is 42.3. The zero-order chi connectivity index (χ0) is 21.3. The largest absolute Gasteiger partial charge is 0.144 e. The van der Waals surface area contributed by atoms with Gasteiger partial charge in [-0.05, 0) is 48.5 Å². The lowest BCUT2D eigenvalue weighted by Gasteiger charge is -2.27. The van der Waals surface area contributed by atoms with Crippen LogP contribution in [0.1, 0.15) is 6.85 Å². The highest BCUT2D eigenvalue weighted by atomic mass is 31.2. The summed E-state index contributed by atoms with van der Waals surface area (Å²) in [6, 6.07) is 28.1. The molecule has 4 rings (SSSR count). The van der Waals surface area contributed by atoms with E-state index in [-0.39, 0.29) is 30.2 Å². The number of hydrogen-bond donors (Lipinski definition) is 0. The van der Waals surface area contributed by atoms with Crippen LogP contribution in [0.5, 0.6) is 0 Å². The first kappa shape index (κ1) is 11.0. The SMILES string of the molecule is [3H]c1c([3H])c([3H])c([P+](c2ccccc2)(c2ccccc2)c2ccccc2)c([3H])c1[3H]. The molecule has 0 N–H and O–H groups in total. The lowest BCUT2D eigenvalue weighted by Crippen LogP contribution is -2.38. The predicted molar refractivity (Wildman–Crippen MR) is 111 cm³/mol. The molecular weight excluding hydrogens is 319 g/mol. The Morgan fingerprint density at radius 1 is 0.440 bits per heavy atom. The van der Waals surface area contributed by atoms with E-state index < -0.39 is 7.26 Å². The molecule has 120 valence electrons. The monoisotopic (exact) mass is 349 g/mol. The van der Waals surface area contributed by atoms with Crippen molar-refractivity contribution in [1.29, 1.82) is 0 Å². The Morgan fingerprint density at radius 3 is 1.16 bits per heavy atom. The standard InChI is InChI=1S/C24H20P/c1-5-13-21(14-6-1)25(22-15-7-2-8-16-22,23-17-9-3-10-18-23)24-19-11-4-12-20-24/h1-20H/q+1/i1T,5T,6T,13T,14T. The highest BCUT2D eigenvalue weighted by molar-refractivity contribution is 8.01. The van der Waals surface area contributed by atoms with Gasteiger partial charge in [-0.2, -0.15) is 0 Å². The lowest BCUT2D eigenvalue weighted by molar-refractivity contribution is 1.71. The molecule has 0 saturated heterocycles. The smallest absolute Gasteiger partial charge is 0.0620 e. The average molecular weight is 349 g/mol. The van der Waals surface area contributed by atoms with E-state index in [0.29, 0.717) is 5.30 Å². The van der Waals surface area contributed by atoms with Crippen LogP contribution in [0.2, 0.25) is 0 Å². The molecule has 0 aliphatic carbocycles. The summed E-state index contributed by atoms with van der Waals surface area (Å²) in [5.74, 6) is 0. The minimum atomic E-state index is -2.75. The third-order valence-corrected chi connectivity index (χ3v) is 8.37. The lowest BCUT2D eigenvalue weighted by atomic mass is 10.3. The van der Waals surface area contributed by atoms with Gasteiger partial charge in [0, 0.05) is 0 Å². The van der Waals surface area contributed by atoms with Gasteiger partial charge < -0.3 is 0 Å². The van der Waals surface area contributed by atoms with Crippen LogP contribution in [0.25, 0.3) is 0 Å². The topological polar surface area (TPSA) is 0 Å². The third kappa shape index (κ3) is 2.80. The van der Waals surface area contributed by atoms with E-state index in [0.717, 1.165) is 15.9 Å². The fourth-order valence-corrected chi connectivity index (χ4v) is 7.17. The van der Waals surface area contributed by atoms with Crippen molar-refractivity contribution in [2.75, 3.05) is 0 Å². The average Bonchev–Trinajstić information content (AvgIpc) is 2.81. The molecule has 0 bridgehead atoms. The molecule has 0 unspecified atom stereocenters. The normalized spacial score (nSPS) is 14.0. The van der Waals surface area contributed by atoms with Gasteiger partial charge in [0.25, 0.3) is 0 Å². The molecule has 1 heteroatoms. The summed E-state index contributed by atoms with van der Waals surface area (Å²) >= 11 is 0. The van der Waals surface area contributed by atoms with Gasteiger partial charge in [-0.1, -0.05) is 72.7 Å². The van der Waals surface area contributed by atoms with E-state index in [1.165, 1.54) is 0 Å². The summed E-state index contributed by atoms with van der Waals surface area (Å²) in [6.45, 7) is 0. The summed E-state index contributed by atoms with van der Waals surface area (Å²) in [5, 5.41) is 3.19. The minimum Gasteiger partial charge on any atom is -0.0620 e. The van der Waals surface area contributed by atoms with E-state index in [1.807, 2.05) is 91.0 Å². The molecule has 0 aliphatic rings. The van der Waals surface area contributed by atoms with Crippen LogP contribution in [-0.2, 0) is 0 Å². The van der Waals surface area contributed by atoms with E-state index >= 15 is 0 Å². The van der Waals surface area contributed by atoms with Gasteiger partial charge in [0.05, 0.1) is 6.85 Å². The fourth-order valence-electron chi connectivity index (χ4n) is 3.20. The van der Waals surface area contributed by atoms with E-state index in [1.54, 1.807) is 0 Å². The quantitative estimate of drug-likeness (QED) is 0.482. The van der Waals surface area contributed by atoms with E-state index in [9.17, 15) is 0 Å². The molecule has 0 nitrogen and oxygen atoms in total. The molecular formula is C24H20P+. The predicted octanol–water partition coefficient (Wildman–Crippen LogP) is 4.31. The Morgan fingerprint density at radius 2 is 0.800 bits per heavy atom. The van der Waals surface area contributed by atoms with E-state index in [2.05, 4.69) is 0 Å². The second-order valence-electron chi connectivity index (χ2n) is 5.65. The third-order valence-electron chi connectivity index (χ3n) is 4.25. The maximum atomic E-state index is 8.79.